The molecule has 0 unspecified atom stereocenters. The molecule has 0 spiro atoms. The molecule has 2 atom stereocenters. The van der Waals surface area contributed by atoms with Crippen molar-refractivity contribution in [3.05, 3.63) is 87.2 Å². The molecule has 0 saturated carbocycles. The summed E-state index contributed by atoms with van der Waals surface area (Å²) in [5, 5.41) is 14.1. The van der Waals surface area contributed by atoms with E-state index in [9.17, 15) is 14.7 Å². The molecule has 0 amide bonds. The molecule has 0 aromatic heterocycles. The summed E-state index contributed by atoms with van der Waals surface area (Å²) in [7, 11) is 0. The quantitative estimate of drug-likeness (QED) is 0.377. The summed E-state index contributed by atoms with van der Waals surface area (Å²) in [6.07, 6.45) is 0.904. The van der Waals surface area contributed by atoms with E-state index in [0.717, 1.165) is 17.0 Å². The number of allylic oxidation sites excluding steroid dienone is 3. The molecular formula is C27H28ClNO4S. The summed E-state index contributed by atoms with van der Waals surface area (Å²) >= 11 is 8.14. The number of phenolic OH excluding ortho intramolecular Hbond substituents is 1. The lowest BCUT2D eigenvalue weighted by Gasteiger charge is -2.37. The van der Waals surface area contributed by atoms with Crippen molar-refractivity contribution in [2.45, 2.75) is 38.5 Å². The van der Waals surface area contributed by atoms with Crippen molar-refractivity contribution < 1.29 is 19.4 Å². The van der Waals surface area contributed by atoms with Gasteiger partial charge in [-0.05, 0) is 54.3 Å². The predicted octanol–water partition coefficient (Wildman–Crippen LogP) is 5.70. The van der Waals surface area contributed by atoms with Gasteiger partial charge < -0.3 is 15.2 Å². The summed E-state index contributed by atoms with van der Waals surface area (Å²) in [5.74, 6) is 0.614. The second-order valence-electron chi connectivity index (χ2n) is 8.47. The number of esters is 1. The summed E-state index contributed by atoms with van der Waals surface area (Å²) in [6.45, 7) is 4.19. The van der Waals surface area contributed by atoms with Crippen LogP contribution in [0.4, 0.5) is 0 Å². The van der Waals surface area contributed by atoms with E-state index >= 15 is 0 Å². The first-order chi connectivity index (χ1) is 16.4. The van der Waals surface area contributed by atoms with Crippen molar-refractivity contribution in [3.8, 4) is 5.75 Å². The first-order valence-corrected chi connectivity index (χ1v) is 13.0. The molecular weight excluding hydrogens is 470 g/mol. The van der Waals surface area contributed by atoms with E-state index in [1.165, 1.54) is 0 Å². The lowest BCUT2D eigenvalue weighted by atomic mass is 9.71. The molecule has 7 heteroatoms. The highest BCUT2D eigenvalue weighted by atomic mass is 35.5. The molecule has 2 aromatic rings. The summed E-state index contributed by atoms with van der Waals surface area (Å²) in [6, 6.07) is 14.3. The van der Waals surface area contributed by atoms with Gasteiger partial charge in [0.05, 0.1) is 5.57 Å². The molecule has 0 bridgehead atoms. The van der Waals surface area contributed by atoms with Crippen LogP contribution in [0, 0.1) is 0 Å². The van der Waals surface area contributed by atoms with Crippen molar-refractivity contribution >= 4 is 35.1 Å². The van der Waals surface area contributed by atoms with Gasteiger partial charge in [-0.25, -0.2) is 4.79 Å². The molecule has 0 fully saturated rings. The molecule has 2 aromatic carbocycles. The maximum Gasteiger partial charge on any atom is 0.336 e. The van der Waals surface area contributed by atoms with Gasteiger partial charge in [0, 0.05) is 40.1 Å². The first-order valence-electron chi connectivity index (χ1n) is 11.4. The fourth-order valence-corrected chi connectivity index (χ4v) is 5.57. The molecule has 0 saturated heterocycles. The zero-order valence-electron chi connectivity index (χ0n) is 19.3. The summed E-state index contributed by atoms with van der Waals surface area (Å²) < 4.78 is 5.59. The molecule has 178 valence electrons. The highest BCUT2D eigenvalue weighted by molar-refractivity contribution is 7.99. The second kappa shape index (κ2) is 10.7. The standard InChI is InChI=1S/C27H28ClNO4S/c1-3-34-12-11-33-27(32)24-16(2)29-22-14-18(20-9-4-5-10-21(20)28)15-23(31)26(22)25(24)17-7-6-8-19(30)13-17/h4-10,13,18,25,29-30H,3,11-12,14-15H2,1-2H3/t18-,25+/m1/s1. The van der Waals surface area contributed by atoms with Crippen LogP contribution in [0.5, 0.6) is 5.75 Å². The smallest absolute Gasteiger partial charge is 0.336 e. The minimum atomic E-state index is -0.602. The molecule has 5 nitrogen and oxygen atoms in total. The van der Waals surface area contributed by atoms with E-state index in [2.05, 4.69) is 12.2 Å². The normalized spacial score (nSPS) is 20.1. The Labute approximate surface area is 209 Å². The van der Waals surface area contributed by atoms with E-state index < -0.39 is 11.9 Å². The number of carbonyl (C=O) groups is 2. The fourth-order valence-electron chi connectivity index (χ4n) is 4.79. The number of rotatable bonds is 7. The van der Waals surface area contributed by atoms with E-state index in [-0.39, 0.29) is 17.5 Å². The number of halogens is 1. The summed E-state index contributed by atoms with van der Waals surface area (Å²) in [5.41, 5.74) is 4.07. The largest absolute Gasteiger partial charge is 0.508 e. The van der Waals surface area contributed by atoms with Gasteiger partial charge >= 0.3 is 5.97 Å². The SMILES string of the molecule is CCSCCOC(=O)C1=C(C)NC2=C(C(=O)C[C@H](c3ccccc3Cl)C2)[C@H]1c1cccc(O)c1. The number of phenols is 1. The minimum Gasteiger partial charge on any atom is -0.508 e. The minimum absolute atomic E-state index is 0.0358. The van der Waals surface area contributed by atoms with Crippen LogP contribution in [-0.2, 0) is 14.3 Å². The van der Waals surface area contributed by atoms with Gasteiger partial charge in [0.2, 0.25) is 0 Å². The molecule has 1 aliphatic heterocycles. The van der Waals surface area contributed by atoms with Crippen LogP contribution in [0.15, 0.2) is 71.1 Å². The number of dihydropyridines is 1. The third kappa shape index (κ3) is 5.03. The Bertz CT molecular complexity index is 1170. The van der Waals surface area contributed by atoms with Crippen LogP contribution in [0.1, 0.15) is 49.7 Å². The van der Waals surface area contributed by atoms with Crippen LogP contribution >= 0.6 is 23.4 Å². The number of Topliss-reactive ketones (excluding diaryl/α,β-unsaturated/α-hetero) is 1. The number of benzene rings is 2. The Balaban J connectivity index is 1.73. The zero-order chi connectivity index (χ0) is 24.2. The van der Waals surface area contributed by atoms with Gasteiger partial charge in [-0.3, -0.25) is 4.79 Å². The first kappa shape index (κ1) is 24.4. The number of carbonyl (C=O) groups excluding carboxylic acids is 2. The number of hydrogen-bond acceptors (Lipinski definition) is 6. The van der Waals surface area contributed by atoms with Crippen molar-refractivity contribution in [2.24, 2.45) is 0 Å². The number of ether oxygens (including phenoxy) is 1. The van der Waals surface area contributed by atoms with E-state index in [0.29, 0.717) is 52.6 Å². The molecule has 1 heterocycles. The zero-order valence-corrected chi connectivity index (χ0v) is 20.8. The van der Waals surface area contributed by atoms with Crippen molar-refractivity contribution in [1.29, 1.82) is 0 Å². The highest BCUT2D eigenvalue weighted by Crippen LogP contribution is 2.46. The van der Waals surface area contributed by atoms with Gasteiger partial charge in [-0.1, -0.05) is 48.9 Å². The lowest BCUT2D eigenvalue weighted by Crippen LogP contribution is -2.36. The third-order valence-electron chi connectivity index (χ3n) is 6.26. The average Bonchev–Trinajstić information content (AvgIpc) is 2.81. The van der Waals surface area contributed by atoms with Crippen molar-refractivity contribution in [1.82, 2.24) is 5.32 Å². The van der Waals surface area contributed by atoms with Crippen molar-refractivity contribution in [3.63, 3.8) is 0 Å². The number of nitrogens with one attached hydrogen (secondary N) is 1. The average molecular weight is 498 g/mol. The van der Waals surface area contributed by atoms with Gasteiger partial charge in [-0.15, -0.1) is 0 Å². The number of thioether (sulfide) groups is 1. The molecule has 1 aliphatic carbocycles. The van der Waals surface area contributed by atoms with E-state index in [4.69, 9.17) is 16.3 Å². The second-order valence-corrected chi connectivity index (χ2v) is 10.3. The topological polar surface area (TPSA) is 75.6 Å². The van der Waals surface area contributed by atoms with Gasteiger partial charge in [0.25, 0.3) is 0 Å². The van der Waals surface area contributed by atoms with Crippen LogP contribution in [0.3, 0.4) is 0 Å². The monoisotopic (exact) mass is 497 g/mol. The summed E-state index contributed by atoms with van der Waals surface area (Å²) in [4.78, 5) is 26.8. The Morgan fingerprint density at radius 3 is 2.74 bits per heavy atom. The maximum atomic E-state index is 13.6. The lowest BCUT2D eigenvalue weighted by molar-refractivity contribution is -0.138. The Kier molecular flexibility index (Phi) is 7.69. The van der Waals surface area contributed by atoms with Crippen LogP contribution in [-0.4, -0.2) is 35.0 Å². The Morgan fingerprint density at radius 1 is 1.21 bits per heavy atom. The Hall–Kier alpha value is -2.70. The number of ketones is 1. The Morgan fingerprint density at radius 2 is 2.00 bits per heavy atom. The predicted molar refractivity (Wildman–Crippen MR) is 136 cm³/mol. The fraction of sp³-hybridized carbons (Fsp3) is 0.333. The highest BCUT2D eigenvalue weighted by Gasteiger charge is 2.41. The van der Waals surface area contributed by atoms with Crippen LogP contribution in [0.2, 0.25) is 5.02 Å². The van der Waals surface area contributed by atoms with E-state index in [1.54, 1.807) is 30.0 Å². The maximum absolute atomic E-state index is 13.6. The van der Waals surface area contributed by atoms with Crippen LogP contribution < -0.4 is 5.32 Å². The van der Waals surface area contributed by atoms with Crippen LogP contribution in [0.25, 0.3) is 0 Å². The number of aromatic hydroxyl groups is 1. The van der Waals surface area contributed by atoms with Gasteiger partial charge in [0.1, 0.15) is 12.4 Å². The van der Waals surface area contributed by atoms with Gasteiger partial charge in [-0.2, -0.15) is 11.8 Å². The third-order valence-corrected chi connectivity index (χ3v) is 7.47. The molecule has 2 N–H and O–H groups in total. The van der Waals surface area contributed by atoms with E-state index in [1.807, 2.05) is 37.3 Å². The number of hydrogen-bond donors (Lipinski definition) is 2. The molecule has 2 aliphatic rings. The molecule has 34 heavy (non-hydrogen) atoms. The van der Waals surface area contributed by atoms with Crippen molar-refractivity contribution in [2.75, 3.05) is 18.1 Å². The molecule has 4 rings (SSSR count). The van der Waals surface area contributed by atoms with Gasteiger partial charge in [0.15, 0.2) is 5.78 Å². The molecule has 0 radical (unpaired) electrons.